The lowest BCUT2D eigenvalue weighted by molar-refractivity contribution is 1.24. The van der Waals surface area contributed by atoms with Gasteiger partial charge in [0.25, 0.3) is 0 Å². The first-order valence-electron chi connectivity index (χ1n) is 4.12. The van der Waals surface area contributed by atoms with E-state index in [0.29, 0.717) is 0 Å². The van der Waals surface area contributed by atoms with E-state index in [1.54, 1.807) is 18.0 Å². The Morgan fingerprint density at radius 2 is 2.07 bits per heavy atom. The number of aromatic nitrogens is 1. The van der Waals surface area contributed by atoms with Crippen molar-refractivity contribution in [1.29, 1.82) is 0 Å². The van der Waals surface area contributed by atoms with Crippen molar-refractivity contribution in [2.45, 2.75) is 10.1 Å². The maximum atomic E-state index is 5.78. The summed E-state index contributed by atoms with van der Waals surface area (Å²) in [4.78, 5) is 4.18. The predicted molar refractivity (Wildman–Crippen MR) is 63.1 cm³/mol. The van der Waals surface area contributed by atoms with Crippen molar-refractivity contribution in [2.75, 3.05) is 0 Å². The number of nitrogens with zero attached hydrogens (tertiary/aromatic N) is 1. The summed E-state index contributed by atoms with van der Waals surface area (Å²) in [5.74, 6) is 0.949. The molecule has 14 heavy (non-hydrogen) atoms. The van der Waals surface area contributed by atoms with Gasteiger partial charge in [-0.15, -0.1) is 0 Å². The molecule has 72 valence electrons. The Kier molecular flexibility index (Phi) is 3.45. The monoisotopic (exact) mass is 241 g/mol. The van der Waals surface area contributed by atoms with Gasteiger partial charge in [-0.25, -0.2) is 4.98 Å². The Morgan fingerprint density at radius 3 is 2.71 bits per heavy atom. The third-order valence-electron chi connectivity index (χ3n) is 1.66. The number of hydrogen-bond acceptors (Lipinski definition) is 3. The molecule has 4 heteroatoms. The molecule has 0 aliphatic rings. The molecule has 1 nitrogen and oxygen atoms in total. The zero-order valence-corrected chi connectivity index (χ0v) is 9.70. The molecule has 1 aromatic heterocycles. The summed E-state index contributed by atoms with van der Waals surface area (Å²) in [6, 6.07) is 10.3. The van der Waals surface area contributed by atoms with E-state index in [-0.39, 0.29) is 0 Å². The highest BCUT2D eigenvalue weighted by atomic mass is 35.5. The quantitative estimate of drug-likeness (QED) is 0.751. The highest BCUT2D eigenvalue weighted by Gasteiger charge is 2.00. The van der Waals surface area contributed by atoms with E-state index in [1.807, 2.05) is 18.2 Å². The van der Waals surface area contributed by atoms with Crippen molar-refractivity contribution >= 4 is 34.7 Å². The minimum Gasteiger partial charge on any atom is -0.237 e. The lowest BCUT2D eigenvalue weighted by atomic mass is 10.2. The molecule has 0 saturated carbocycles. The Labute approximate surface area is 96.1 Å². The average molecular weight is 242 g/mol. The number of thiazole rings is 1. The summed E-state index contributed by atoms with van der Waals surface area (Å²) >= 11 is 9.03. The van der Waals surface area contributed by atoms with Gasteiger partial charge in [-0.1, -0.05) is 65.0 Å². The molecule has 0 saturated heterocycles. The zero-order valence-electron chi connectivity index (χ0n) is 7.31. The van der Waals surface area contributed by atoms with E-state index in [0.717, 1.165) is 14.4 Å². The van der Waals surface area contributed by atoms with Crippen LogP contribution in [-0.4, -0.2) is 4.98 Å². The molecule has 0 fully saturated rings. The SMILES string of the molecule is Clc1cnc(SCc2ccccc2)s1. The van der Waals surface area contributed by atoms with Crippen LogP contribution in [0, 0.1) is 0 Å². The second kappa shape index (κ2) is 4.82. The Bertz CT molecular complexity index is 400. The summed E-state index contributed by atoms with van der Waals surface area (Å²) in [5, 5.41) is 0. The molecule has 1 aromatic carbocycles. The number of benzene rings is 1. The molecule has 2 aromatic rings. The first-order chi connectivity index (χ1) is 6.84. The lowest BCUT2D eigenvalue weighted by Gasteiger charge is -1.96. The van der Waals surface area contributed by atoms with E-state index in [2.05, 4.69) is 17.1 Å². The molecular formula is C10H8ClNS2. The Hall–Kier alpha value is -0.510. The molecule has 0 aliphatic heterocycles. The van der Waals surface area contributed by atoms with Gasteiger partial charge >= 0.3 is 0 Å². The first-order valence-corrected chi connectivity index (χ1v) is 6.30. The van der Waals surface area contributed by atoms with Crippen LogP contribution in [0.3, 0.4) is 0 Å². The molecule has 0 spiro atoms. The third kappa shape index (κ3) is 2.74. The smallest absolute Gasteiger partial charge is 0.151 e. The van der Waals surface area contributed by atoms with Crippen LogP contribution in [0.2, 0.25) is 4.34 Å². The van der Waals surface area contributed by atoms with Gasteiger partial charge in [0.05, 0.1) is 6.20 Å². The van der Waals surface area contributed by atoms with Gasteiger partial charge in [-0.2, -0.15) is 0 Å². The minimum absolute atomic E-state index is 0.751. The summed E-state index contributed by atoms with van der Waals surface area (Å²) in [5.41, 5.74) is 1.31. The van der Waals surface area contributed by atoms with Crippen molar-refractivity contribution in [3.63, 3.8) is 0 Å². The average Bonchev–Trinajstić information content (AvgIpc) is 2.63. The maximum absolute atomic E-state index is 5.78. The van der Waals surface area contributed by atoms with Gasteiger partial charge < -0.3 is 0 Å². The van der Waals surface area contributed by atoms with Crippen molar-refractivity contribution in [1.82, 2.24) is 4.98 Å². The fourth-order valence-corrected chi connectivity index (χ4v) is 3.10. The molecule has 0 aliphatic carbocycles. The highest BCUT2D eigenvalue weighted by Crippen LogP contribution is 2.29. The minimum atomic E-state index is 0.751. The summed E-state index contributed by atoms with van der Waals surface area (Å²) in [6.07, 6.45) is 1.69. The normalized spacial score (nSPS) is 10.4. The van der Waals surface area contributed by atoms with E-state index in [9.17, 15) is 0 Å². The largest absolute Gasteiger partial charge is 0.237 e. The van der Waals surface area contributed by atoms with Crippen LogP contribution < -0.4 is 0 Å². The van der Waals surface area contributed by atoms with Crippen LogP contribution in [0.15, 0.2) is 40.9 Å². The molecule has 0 N–H and O–H groups in total. The van der Waals surface area contributed by atoms with Crippen LogP contribution in [0.5, 0.6) is 0 Å². The van der Waals surface area contributed by atoms with Crippen LogP contribution in [0.1, 0.15) is 5.56 Å². The summed E-state index contributed by atoms with van der Waals surface area (Å²) in [7, 11) is 0. The molecule has 1 heterocycles. The Morgan fingerprint density at radius 1 is 1.29 bits per heavy atom. The van der Waals surface area contributed by atoms with Gasteiger partial charge in [-0.05, 0) is 5.56 Å². The topological polar surface area (TPSA) is 12.9 Å². The molecular weight excluding hydrogens is 234 g/mol. The molecule has 0 amide bonds. The van der Waals surface area contributed by atoms with Gasteiger partial charge in [0.15, 0.2) is 4.34 Å². The highest BCUT2D eigenvalue weighted by molar-refractivity contribution is 8.00. The van der Waals surface area contributed by atoms with Gasteiger partial charge in [0.1, 0.15) is 4.34 Å². The third-order valence-corrected chi connectivity index (χ3v) is 4.00. The summed E-state index contributed by atoms with van der Waals surface area (Å²) in [6.45, 7) is 0. The lowest BCUT2D eigenvalue weighted by Crippen LogP contribution is -1.77. The van der Waals surface area contributed by atoms with Crippen molar-refractivity contribution in [2.24, 2.45) is 0 Å². The van der Waals surface area contributed by atoms with Crippen molar-refractivity contribution in [3.8, 4) is 0 Å². The van der Waals surface area contributed by atoms with E-state index < -0.39 is 0 Å². The fourth-order valence-electron chi connectivity index (χ4n) is 1.03. The number of halogens is 1. The van der Waals surface area contributed by atoms with E-state index >= 15 is 0 Å². The molecule has 0 atom stereocenters. The molecule has 0 unspecified atom stereocenters. The van der Waals surface area contributed by atoms with Crippen molar-refractivity contribution < 1.29 is 0 Å². The van der Waals surface area contributed by atoms with Crippen LogP contribution >= 0.6 is 34.7 Å². The fraction of sp³-hybridized carbons (Fsp3) is 0.100. The van der Waals surface area contributed by atoms with E-state index in [1.165, 1.54) is 16.9 Å². The zero-order chi connectivity index (χ0) is 9.80. The predicted octanol–water partition coefficient (Wildman–Crippen LogP) is 4.09. The molecule has 0 radical (unpaired) electrons. The van der Waals surface area contributed by atoms with Gasteiger partial charge in [-0.3, -0.25) is 0 Å². The number of thioether (sulfide) groups is 1. The number of rotatable bonds is 3. The Balaban J connectivity index is 1.95. The summed E-state index contributed by atoms with van der Waals surface area (Å²) < 4.78 is 1.78. The van der Waals surface area contributed by atoms with Crippen LogP contribution in [-0.2, 0) is 5.75 Å². The van der Waals surface area contributed by atoms with Crippen LogP contribution in [0.4, 0.5) is 0 Å². The van der Waals surface area contributed by atoms with Crippen LogP contribution in [0.25, 0.3) is 0 Å². The first kappa shape index (κ1) is 10.0. The van der Waals surface area contributed by atoms with Gasteiger partial charge in [0, 0.05) is 5.75 Å². The molecule has 2 rings (SSSR count). The molecule has 0 bridgehead atoms. The standard InChI is InChI=1S/C10H8ClNS2/c11-9-6-12-10(14-9)13-7-8-4-2-1-3-5-8/h1-6H,7H2. The van der Waals surface area contributed by atoms with E-state index in [4.69, 9.17) is 11.6 Å². The van der Waals surface area contributed by atoms with Gasteiger partial charge in [0.2, 0.25) is 0 Å². The van der Waals surface area contributed by atoms with Crippen molar-refractivity contribution in [3.05, 3.63) is 46.4 Å². The second-order valence-corrected chi connectivity index (χ2v) is 5.59. The number of hydrogen-bond donors (Lipinski definition) is 0. The maximum Gasteiger partial charge on any atom is 0.151 e. The second-order valence-electron chi connectivity index (χ2n) is 2.70.